The number of amides is 2. The molecule has 0 radical (unpaired) electrons. The predicted octanol–water partition coefficient (Wildman–Crippen LogP) is 8.05. The molecule has 0 atom stereocenters. The number of anilines is 1. The number of fused-ring (bicyclic) bond motifs is 4. The SMILES string of the molecule is Cc1cc(C)c(N2C(=O)c3cccc(-n4c5ccccc5c5cccc(-c6ccccc6C#N)c54)c3C2=O)c(C)c1. The number of carbonyl (C=O) groups is 2. The lowest BCUT2D eigenvalue weighted by Gasteiger charge is -2.20. The van der Waals surface area contributed by atoms with Crippen molar-refractivity contribution in [3.05, 3.63) is 130 Å². The van der Waals surface area contributed by atoms with Crippen LogP contribution in [0.1, 0.15) is 43.0 Å². The minimum Gasteiger partial charge on any atom is -0.308 e. The van der Waals surface area contributed by atoms with E-state index in [-0.39, 0.29) is 11.8 Å². The van der Waals surface area contributed by atoms with Gasteiger partial charge in [0, 0.05) is 21.9 Å². The first-order valence-electron chi connectivity index (χ1n) is 13.5. The van der Waals surface area contributed by atoms with Crippen LogP contribution in [0.3, 0.4) is 0 Å². The normalized spacial score (nSPS) is 12.8. The van der Waals surface area contributed by atoms with E-state index in [0.29, 0.717) is 28.1 Å². The summed E-state index contributed by atoms with van der Waals surface area (Å²) in [6, 6.07) is 33.5. The van der Waals surface area contributed by atoms with Gasteiger partial charge in [-0.3, -0.25) is 9.59 Å². The van der Waals surface area contributed by atoms with Gasteiger partial charge in [-0.25, -0.2) is 4.90 Å². The molecular weight excluding hydrogens is 506 g/mol. The topological polar surface area (TPSA) is 66.1 Å². The standard InChI is InChI=1S/C36H25N3O2/c1-21-18-22(2)33(23(3)19-21)39-35(40)29-15-9-17-31(32(29)36(39)41)38-30-16-7-6-12-26(30)28-14-8-13-27(34(28)38)25-11-5-4-10-24(25)20-37/h4-19H,1-3H3. The number of aryl methyl sites for hydroxylation is 3. The van der Waals surface area contributed by atoms with Crippen molar-refractivity contribution in [2.24, 2.45) is 0 Å². The maximum absolute atomic E-state index is 14.3. The van der Waals surface area contributed by atoms with Gasteiger partial charge < -0.3 is 4.57 Å². The average molecular weight is 532 g/mol. The molecule has 1 aromatic heterocycles. The number of hydrogen-bond acceptors (Lipinski definition) is 3. The van der Waals surface area contributed by atoms with Crippen molar-refractivity contribution in [3.63, 3.8) is 0 Å². The van der Waals surface area contributed by atoms with Crippen molar-refractivity contribution in [2.45, 2.75) is 20.8 Å². The molecule has 1 aliphatic heterocycles. The zero-order valence-electron chi connectivity index (χ0n) is 22.9. The molecule has 5 nitrogen and oxygen atoms in total. The summed E-state index contributed by atoms with van der Waals surface area (Å²) >= 11 is 0. The second-order valence-electron chi connectivity index (χ2n) is 10.6. The lowest BCUT2D eigenvalue weighted by atomic mass is 9.97. The monoisotopic (exact) mass is 531 g/mol. The molecule has 0 spiro atoms. The quantitative estimate of drug-likeness (QED) is 0.217. The fraction of sp³-hybridized carbons (Fsp3) is 0.0833. The smallest absolute Gasteiger partial charge is 0.268 e. The van der Waals surface area contributed by atoms with E-state index in [0.717, 1.165) is 49.6 Å². The van der Waals surface area contributed by atoms with Crippen molar-refractivity contribution in [1.82, 2.24) is 4.57 Å². The van der Waals surface area contributed by atoms with Gasteiger partial charge in [0.05, 0.1) is 45.2 Å². The van der Waals surface area contributed by atoms with Crippen LogP contribution in [-0.4, -0.2) is 16.4 Å². The van der Waals surface area contributed by atoms with Gasteiger partial charge in [-0.15, -0.1) is 0 Å². The van der Waals surface area contributed by atoms with E-state index < -0.39 is 0 Å². The first-order valence-corrected chi connectivity index (χ1v) is 13.5. The van der Waals surface area contributed by atoms with Crippen LogP contribution in [0.4, 0.5) is 5.69 Å². The summed E-state index contributed by atoms with van der Waals surface area (Å²) in [4.78, 5) is 29.5. The zero-order chi connectivity index (χ0) is 28.4. The first-order chi connectivity index (χ1) is 19.9. The number of nitrogens with zero attached hydrogens (tertiary/aromatic N) is 3. The summed E-state index contributed by atoms with van der Waals surface area (Å²) in [7, 11) is 0. The minimum absolute atomic E-state index is 0.322. The Labute approximate surface area is 237 Å². The van der Waals surface area contributed by atoms with Crippen molar-refractivity contribution < 1.29 is 9.59 Å². The molecule has 2 heterocycles. The molecule has 0 saturated heterocycles. The fourth-order valence-corrected chi connectivity index (χ4v) is 6.48. The van der Waals surface area contributed by atoms with E-state index >= 15 is 0 Å². The van der Waals surface area contributed by atoms with Gasteiger partial charge in [-0.2, -0.15) is 5.26 Å². The Morgan fingerprint density at radius 3 is 2.07 bits per heavy atom. The fourth-order valence-electron chi connectivity index (χ4n) is 6.48. The molecule has 0 aliphatic carbocycles. The molecule has 41 heavy (non-hydrogen) atoms. The van der Waals surface area contributed by atoms with Crippen LogP contribution in [0, 0.1) is 32.1 Å². The maximum Gasteiger partial charge on any atom is 0.268 e. The van der Waals surface area contributed by atoms with Crippen molar-refractivity contribution in [3.8, 4) is 22.9 Å². The third-order valence-electron chi connectivity index (χ3n) is 8.03. The highest BCUT2D eigenvalue weighted by Crippen LogP contribution is 2.42. The number of carbonyl (C=O) groups excluding carboxylic acids is 2. The van der Waals surface area contributed by atoms with Gasteiger partial charge in [-0.1, -0.05) is 78.4 Å². The van der Waals surface area contributed by atoms with E-state index in [9.17, 15) is 14.9 Å². The molecule has 0 N–H and O–H groups in total. The highest BCUT2D eigenvalue weighted by Gasteiger charge is 2.40. The van der Waals surface area contributed by atoms with Gasteiger partial charge in [0.2, 0.25) is 0 Å². The van der Waals surface area contributed by atoms with Gasteiger partial charge >= 0.3 is 0 Å². The number of para-hydroxylation sites is 2. The number of benzene rings is 5. The zero-order valence-corrected chi connectivity index (χ0v) is 22.9. The second kappa shape index (κ2) is 9.04. The number of imide groups is 1. The summed E-state index contributed by atoms with van der Waals surface area (Å²) in [5.41, 5.74) is 8.93. The van der Waals surface area contributed by atoms with Gasteiger partial charge in [-0.05, 0) is 56.2 Å². The highest BCUT2D eigenvalue weighted by atomic mass is 16.2. The van der Waals surface area contributed by atoms with Crippen molar-refractivity contribution in [1.29, 1.82) is 5.26 Å². The molecule has 0 unspecified atom stereocenters. The Balaban J connectivity index is 1.56. The highest BCUT2D eigenvalue weighted by molar-refractivity contribution is 6.36. The van der Waals surface area contributed by atoms with Gasteiger partial charge in [0.15, 0.2) is 0 Å². The largest absolute Gasteiger partial charge is 0.308 e. The van der Waals surface area contributed by atoms with Gasteiger partial charge in [0.1, 0.15) is 0 Å². The van der Waals surface area contributed by atoms with E-state index in [2.05, 4.69) is 22.8 Å². The van der Waals surface area contributed by atoms with E-state index in [1.54, 1.807) is 6.07 Å². The molecule has 6 aromatic rings. The molecule has 0 saturated carbocycles. The Morgan fingerprint density at radius 2 is 1.29 bits per heavy atom. The Morgan fingerprint density at radius 1 is 0.659 bits per heavy atom. The minimum atomic E-state index is -0.337. The van der Waals surface area contributed by atoms with Gasteiger partial charge in [0.25, 0.3) is 11.8 Å². The van der Waals surface area contributed by atoms with Crippen LogP contribution in [0.2, 0.25) is 0 Å². The number of rotatable bonds is 3. The summed E-state index contributed by atoms with van der Waals surface area (Å²) in [6.07, 6.45) is 0. The molecular formula is C36H25N3O2. The summed E-state index contributed by atoms with van der Waals surface area (Å²) in [5, 5.41) is 11.9. The molecule has 1 aliphatic rings. The Kier molecular flexibility index (Phi) is 5.42. The average Bonchev–Trinajstić information content (AvgIpc) is 3.44. The first kappa shape index (κ1) is 24.6. The number of hydrogen-bond donors (Lipinski definition) is 0. The van der Waals surface area contributed by atoms with E-state index in [1.807, 2.05) is 99.6 Å². The Bertz CT molecular complexity index is 2120. The molecule has 2 amide bonds. The summed E-state index contributed by atoms with van der Waals surface area (Å²) in [6.45, 7) is 5.88. The second-order valence-corrected chi connectivity index (χ2v) is 10.6. The van der Waals surface area contributed by atoms with Crippen LogP contribution < -0.4 is 4.90 Å². The number of aromatic nitrogens is 1. The molecule has 7 rings (SSSR count). The summed E-state index contributed by atoms with van der Waals surface area (Å²) < 4.78 is 2.08. The van der Waals surface area contributed by atoms with Crippen LogP contribution in [0.25, 0.3) is 38.6 Å². The molecule has 5 aromatic carbocycles. The Hall–Kier alpha value is -5.47. The van der Waals surface area contributed by atoms with Crippen LogP contribution in [0.5, 0.6) is 0 Å². The van der Waals surface area contributed by atoms with E-state index in [1.165, 1.54) is 4.90 Å². The van der Waals surface area contributed by atoms with E-state index in [4.69, 9.17) is 0 Å². The molecule has 0 fully saturated rings. The van der Waals surface area contributed by atoms with Crippen LogP contribution in [-0.2, 0) is 0 Å². The van der Waals surface area contributed by atoms with Crippen LogP contribution >= 0.6 is 0 Å². The molecule has 196 valence electrons. The molecule has 5 heteroatoms. The van der Waals surface area contributed by atoms with Crippen LogP contribution in [0.15, 0.2) is 97.1 Å². The maximum atomic E-state index is 14.3. The molecule has 0 bridgehead atoms. The number of nitriles is 1. The lowest BCUT2D eigenvalue weighted by Crippen LogP contribution is -2.31. The third-order valence-corrected chi connectivity index (χ3v) is 8.03. The predicted molar refractivity (Wildman–Crippen MR) is 163 cm³/mol. The van der Waals surface area contributed by atoms with Crippen molar-refractivity contribution in [2.75, 3.05) is 4.90 Å². The third kappa shape index (κ3) is 3.48. The lowest BCUT2D eigenvalue weighted by molar-refractivity contribution is 0.0925. The summed E-state index contributed by atoms with van der Waals surface area (Å²) in [5.74, 6) is -0.658. The van der Waals surface area contributed by atoms with Crippen molar-refractivity contribution >= 4 is 39.3 Å².